The van der Waals surface area contributed by atoms with Crippen LogP contribution in [0.2, 0.25) is 0 Å². The fourth-order valence-electron chi connectivity index (χ4n) is 2.12. The van der Waals surface area contributed by atoms with Gasteiger partial charge in [-0.25, -0.2) is 14.2 Å². The first-order valence-electron chi connectivity index (χ1n) is 6.16. The molecule has 3 rings (SSSR count). The van der Waals surface area contributed by atoms with Crippen LogP contribution in [0.25, 0.3) is 0 Å². The van der Waals surface area contributed by atoms with E-state index in [2.05, 4.69) is 14.8 Å². The average Bonchev–Trinajstić information content (AvgIpc) is 2.50. The molecule has 1 aromatic heterocycles. The van der Waals surface area contributed by atoms with E-state index >= 15 is 0 Å². The SMILES string of the molecule is CNN1C(c2cccnc2)=NS(=O)(=O)c2cc(F)c(F)cc21. The first kappa shape index (κ1) is 14.5. The van der Waals surface area contributed by atoms with E-state index in [1.807, 2.05) is 0 Å². The second-order valence-corrected chi connectivity index (χ2v) is 6.00. The standard InChI is InChI=1S/C13H10F2N4O2S/c1-16-19-11-5-9(14)10(15)6-12(11)22(20,21)18-13(19)8-3-2-4-17-7-8/h2-7,16H,1H3. The number of halogens is 2. The van der Waals surface area contributed by atoms with Gasteiger partial charge in [0.2, 0.25) is 0 Å². The van der Waals surface area contributed by atoms with Crippen molar-refractivity contribution < 1.29 is 17.2 Å². The number of amidine groups is 1. The number of pyridine rings is 1. The van der Waals surface area contributed by atoms with E-state index in [9.17, 15) is 17.2 Å². The molecule has 1 N–H and O–H groups in total. The van der Waals surface area contributed by atoms with Crippen molar-refractivity contribution in [3.63, 3.8) is 0 Å². The van der Waals surface area contributed by atoms with Gasteiger partial charge >= 0.3 is 0 Å². The lowest BCUT2D eigenvalue weighted by Gasteiger charge is -2.29. The maximum atomic E-state index is 13.5. The first-order chi connectivity index (χ1) is 10.4. The van der Waals surface area contributed by atoms with E-state index in [0.29, 0.717) is 11.6 Å². The lowest BCUT2D eigenvalue weighted by Crippen LogP contribution is -2.44. The average molecular weight is 324 g/mol. The first-order valence-corrected chi connectivity index (χ1v) is 7.60. The van der Waals surface area contributed by atoms with Gasteiger partial charge in [0.05, 0.1) is 5.69 Å². The maximum Gasteiger partial charge on any atom is 0.286 e. The predicted octanol–water partition coefficient (Wildman–Crippen LogP) is 1.45. The lowest BCUT2D eigenvalue weighted by atomic mass is 10.2. The van der Waals surface area contributed by atoms with E-state index in [4.69, 9.17) is 0 Å². The molecular weight excluding hydrogens is 314 g/mol. The molecular formula is C13H10F2N4O2S. The zero-order chi connectivity index (χ0) is 15.9. The van der Waals surface area contributed by atoms with Crippen LogP contribution in [-0.2, 0) is 10.0 Å². The Morgan fingerprint density at radius 2 is 1.95 bits per heavy atom. The highest BCUT2D eigenvalue weighted by Crippen LogP contribution is 2.33. The van der Waals surface area contributed by atoms with Gasteiger partial charge in [0, 0.05) is 31.1 Å². The quantitative estimate of drug-likeness (QED) is 0.905. The Balaban J connectivity index is 2.28. The Bertz CT molecular complexity index is 869. The minimum Gasteiger partial charge on any atom is -0.264 e. The van der Waals surface area contributed by atoms with Crippen LogP contribution in [0.4, 0.5) is 14.5 Å². The summed E-state index contributed by atoms with van der Waals surface area (Å²) in [7, 11) is -2.64. The maximum absolute atomic E-state index is 13.5. The normalized spacial score (nSPS) is 16.1. The molecule has 1 aliphatic rings. The van der Waals surface area contributed by atoms with Crippen molar-refractivity contribution in [1.82, 2.24) is 10.4 Å². The summed E-state index contributed by atoms with van der Waals surface area (Å²) in [5.41, 5.74) is 3.08. The molecule has 0 fully saturated rings. The fourth-order valence-corrected chi connectivity index (χ4v) is 3.30. The third-order valence-corrected chi connectivity index (χ3v) is 4.38. The number of nitrogens with one attached hydrogen (secondary N) is 1. The predicted molar refractivity (Wildman–Crippen MR) is 75.9 cm³/mol. The third kappa shape index (κ3) is 2.24. The molecule has 22 heavy (non-hydrogen) atoms. The lowest BCUT2D eigenvalue weighted by molar-refractivity contribution is 0.504. The molecule has 114 valence electrons. The minimum absolute atomic E-state index is 0.0223. The zero-order valence-electron chi connectivity index (χ0n) is 11.3. The van der Waals surface area contributed by atoms with Gasteiger partial charge in [0.25, 0.3) is 10.0 Å². The molecule has 1 aromatic carbocycles. The summed E-state index contributed by atoms with van der Waals surface area (Å²) < 4.78 is 55.0. The summed E-state index contributed by atoms with van der Waals surface area (Å²) in [4.78, 5) is 3.49. The summed E-state index contributed by atoms with van der Waals surface area (Å²) in [6.07, 6.45) is 2.94. The molecule has 0 aliphatic carbocycles. The molecule has 9 heteroatoms. The molecule has 2 heterocycles. The van der Waals surface area contributed by atoms with Crippen LogP contribution in [0.15, 0.2) is 46.0 Å². The van der Waals surface area contributed by atoms with Gasteiger partial charge in [0.1, 0.15) is 4.90 Å². The fraction of sp³-hybridized carbons (Fsp3) is 0.0769. The van der Waals surface area contributed by atoms with Crippen LogP contribution in [0.1, 0.15) is 5.56 Å². The van der Waals surface area contributed by atoms with Gasteiger partial charge in [-0.2, -0.15) is 8.42 Å². The van der Waals surface area contributed by atoms with Crippen LogP contribution < -0.4 is 10.4 Å². The van der Waals surface area contributed by atoms with Crippen molar-refractivity contribution in [1.29, 1.82) is 0 Å². The van der Waals surface area contributed by atoms with Crippen molar-refractivity contribution >= 4 is 21.5 Å². The number of hydrazine groups is 1. The van der Waals surface area contributed by atoms with Gasteiger partial charge in [0.15, 0.2) is 17.5 Å². The largest absolute Gasteiger partial charge is 0.286 e. The van der Waals surface area contributed by atoms with Crippen LogP contribution in [0.5, 0.6) is 0 Å². The van der Waals surface area contributed by atoms with E-state index in [1.54, 1.807) is 12.1 Å². The van der Waals surface area contributed by atoms with Crippen LogP contribution in [0, 0.1) is 11.6 Å². The minimum atomic E-state index is -4.15. The Labute approximate surface area is 125 Å². The molecule has 0 radical (unpaired) electrons. The number of hydrogen-bond donors (Lipinski definition) is 1. The Morgan fingerprint density at radius 3 is 2.59 bits per heavy atom. The van der Waals surface area contributed by atoms with E-state index in [0.717, 1.165) is 6.07 Å². The Kier molecular flexibility index (Phi) is 3.38. The Hall–Kier alpha value is -2.39. The van der Waals surface area contributed by atoms with Crippen molar-refractivity contribution in [3.8, 4) is 0 Å². The number of sulfonamides is 1. The summed E-state index contributed by atoms with van der Waals surface area (Å²) in [6.45, 7) is 0. The van der Waals surface area contributed by atoms with Gasteiger partial charge in [-0.05, 0) is 18.2 Å². The van der Waals surface area contributed by atoms with Gasteiger partial charge in [-0.1, -0.05) is 0 Å². The molecule has 2 aromatic rings. The second kappa shape index (κ2) is 5.11. The number of fused-ring (bicyclic) bond motifs is 1. The van der Waals surface area contributed by atoms with Crippen LogP contribution in [-0.4, -0.2) is 26.3 Å². The molecule has 0 unspecified atom stereocenters. The smallest absolute Gasteiger partial charge is 0.264 e. The van der Waals surface area contributed by atoms with Gasteiger partial charge in [-0.15, -0.1) is 4.40 Å². The van der Waals surface area contributed by atoms with E-state index in [-0.39, 0.29) is 11.5 Å². The second-order valence-electron chi connectivity index (χ2n) is 4.42. The van der Waals surface area contributed by atoms with Gasteiger partial charge in [-0.3, -0.25) is 9.99 Å². The monoisotopic (exact) mass is 324 g/mol. The third-order valence-electron chi connectivity index (χ3n) is 3.08. The van der Waals surface area contributed by atoms with Crippen molar-refractivity contribution in [3.05, 3.63) is 53.9 Å². The molecule has 6 nitrogen and oxygen atoms in total. The van der Waals surface area contributed by atoms with Crippen molar-refractivity contribution in [2.45, 2.75) is 4.90 Å². The van der Waals surface area contributed by atoms with Crippen molar-refractivity contribution in [2.24, 2.45) is 4.40 Å². The molecule has 0 saturated carbocycles. The zero-order valence-corrected chi connectivity index (χ0v) is 12.1. The highest BCUT2D eigenvalue weighted by molar-refractivity contribution is 7.90. The topological polar surface area (TPSA) is 74.7 Å². The molecule has 0 spiro atoms. The summed E-state index contributed by atoms with van der Waals surface area (Å²) in [5.74, 6) is -2.38. The molecule has 0 atom stereocenters. The Morgan fingerprint density at radius 1 is 1.23 bits per heavy atom. The highest BCUT2D eigenvalue weighted by Gasteiger charge is 2.33. The molecule has 0 saturated heterocycles. The molecule has 1 aliphatic heterocycles. The van der Waals surface area contributed by atoms with Crippen molar-refractivity contribution in [2.75, 3.05) is 12.1 Å². The molecule has 0 amide bonds. The van der Waals surface area contributed by atoms with Crippen LogP contribution in [0.3, 0.4) is 0 Å². The number of nitrogens with zero attached hydrogens (tertiary/aromatic N) is 3. The number of hydrogen-bond acceptors (Lipinski definition) is 5. The number of rotatable bonds is 2. The van der Waals surface area contributed by atoms with E-state index in [1.165, 1.54) is 24.5 Å². The summed E-state index contributed by atoms with van der Waals surface area (Å²) in [6, 6.07) is 4.65. The van der Waals surface area contributed by atoms with Gasteiger partial charge < -0.3 is 0 Å². The highest BCUT2D eigenvalue weighted by atomic mass is 32.2. The molecule has 0 bridgehead atoms. The number of aromatic nitrogens is 1. The summed E-state index contributed by atoms with van der Waals surface area (Å²) >= 11 is 0. The number of anilines is 1. The number of benzene rings is 1. The van der Waals surface area contributed by atoms with Crippen LogP contribution >= 0.6 is 0 Å². The van der Waals surface area contributed by atoms with E-state index < -0.39 is 26.6 Å². The summed E-state index contributed by atoms with van der Waals surface area (Å²) in [5, 5.41) is 1.26.